The standard InChI is InChI=1S/C14H28O4Si/c1-10(15)12-11(17-14(5,6)18-12)9-16-19(7,8)13(2,3)4/h11-12H,9H2,1-8H3/t11-,12-/m1/s1. The Labute approximate surface area is 117 Å². The molecular formula is C14H28O4Si. The zero-order valence-electron chi connectivity index (χ0n) is 13.5. The zero-order valence-corrected chi connectivity index (χ0v) is 14.5. The number of hydrogen-bond acceptors (Lipinski definition) is 4. The van der Waals surface area contributed by atoms with Crippen molar-refractivity contribution in [1.82, 2.24) is 0 Å². The highest BCUT2D eigenvalue weighted by Crippen LogP contribution is 2.37. The van der Waals surface area contributed by atoms with Crippen molar-refractivity contribution in [2.75, 3.05) is 6.61 Å². The molecule has 5 heteroatoms. The highest BCUT2D eigenvalue weighted by atomic mass is 28.4. The largest absolute Gasteiger partial charge is 0.414 e. The first-order valence-corrected chi connectivity index (χ1v) is 9.77. The van der Waals surface area contributed by atoms with Crippen molar-refractivity contribution in [1.29, 1.82) is 0 Å². The smallest absolute Gasteiger partial charge is 0.192 e. The van der Waals surface area contributed by atoms with Gasteiger partial charge in [0.05, 0.1) is 6.61 Å². The Morgan fingerprint density at radius 2 is 1.79 bits per heavy atom. The molecule has 0 unspecified atom stereocenters. The first-order chi connectivity index (χ1) is 8.36. The molecule has 0 aliphatic carbocycles. The Balaban J connectivity index is 2.69. The van der Waals surface area contributed by atoms with Gasteiger partial charge in [0.2, 0.25) is 0 Å². The number of carbonyl (C=O) groups excluding carboxylic acids is 1. The highest BCUT2D eigenvalue weighted by Gasteiger charge is 2.45. The number of ketones is 1. The van der Waals surface area contributed by atoms with E-state index in [1.165, 1.54) is 6.92 Å². The third-order valence-corrected chi connectivity index (χ3v) is 8.50. The van der Waals surface area contributed by atoms with Gasteiger partial charge in [-0.15, -0.1) is 0 Å². The molecule has 1 aliphatic rings. The minimum atomic E-state index is -1.83. The molecule has 0 aromatic heterocycles. The molecule has 112 valence electrons. The lowest BCUT2D eigenvalue weighted by Gasteiger charge is -2.37. The van der Waals surface area contributed by atoms with Crippen LogP contribution in [0.25, 0.3) is 0 Å². The predicted molar refractivity (Wildman–Crippen MR) is 77.7 cm³/mol. The molecule has 2 atom stereocenters. The molecule has 0 amide bonds. The molecule has 0 radical (unpaired) electrons. The Morgan fingerprint density at radius 3 is 2.21 bits per heavy atom. The van der Waals surface area contributed by atoms with Crippen LogP contribution >= 0.6 is 0 Å². The summed E-state index contributed by atoms with van der Waals surface area (Å²) in [5.74, 6) is -0.716. The van der Waals surface area contributed by atoms with Crippen molar-refractivity contribution in [3.05, 3.63) is 0 Å². The van der Waals surface area contributed by atoms with Crippen LogP contribution in [0, 0.1) is 0 Å². The van der Waals surface area contributed by atoms with E-state index in [1.54, 1.807) is 0 Å². The number of ether oxygens (including phenoxy) is 2. The number of rotatable bonds is 4. The maximum absolute atomic E-state index is 11.6. The monoisotopic (exact) mass is 288 g/mol. The van der Waals surface area contributed by atoms with Crippen LogP contribution in [-0.2, 0) is 18.7 Å². The summed E-state index contributed by atoms with van der Waals surface area (Å²) in [6.45, 7) is 16.6. The molecule has 0 aromatic rings. The van der Waals surface area contributed by atoms with Gasteiger partial charge in [-0.1, -0.05) is 20.8 Å². The van der Waals surface area contributed by atoms with Gasteiger partial charge in [0.15, 0.2) is 19.9 Å². The second-order valence-corrected chi connectivity index (χ2v) is 12.1. The topological polar surface area (TPSA) is 44.8 Å². The molecule has 1 aliphatic heterocycles. The summed E-state index contributed by atoms with van der Waals surface area (Å²) >= 11 is 0. The maximum atomic E-state index is 11.6. The van der Waals surface area contributed by atoms with Crippen molar-refractivity contribution in [3.8, 4) is 0 Å². The van der Waals surface area contributed by atoms with Crippen molar-refractivity contribution < 1.29 is 18.7 Å². The van der Waals surface area contributed by atoms with E-state index < -0.39 is 20.2 Å². The van der Waals surface area contributed by atoms with E-state index in [-0.39, 0.29) is 16.9 Å². The molecule has 0 bridgehead atoms. The molecule has 0 saturated carbocycles. The number of carbonyl (C=O) groups is 1. The van der Waals surface area contributed by atoms with Gasteiger partial charge in [-0.25, -0.2) is 0 Å². The minimum Gasteiger partial charge on any atom is -0.414 e. The van der Waals surface area contributed by atoms with Gasteiger partial charge < -0.3 is 13.9 Å². The Morgan fingerprint density at radius 1 is 1.26 bits per heavy atom. The summed E-state index contributed by atoms with van der Waals surface area (Å²) in [5, 5.41) is 0.147. The molecule has 1 heterocycles. The van der Waals surface area contributed by atoms with Gasteiger partial charge >= 0.3 is 0 Å². The second kappa shape index (κ2) is 5.28. The Hall–Kier alpha value is -0.233. The average molecular weight is 288 g/mol. The third-order valence-electron chi connectivity index (χ3n) is 4.00. The van der Waals surface area contributed by atoms with Gasteiger partial charge in [-0.05, 0) is 38.9 Å². The van der Waals surface area contributed by atoms with E-state index in [4.69, 9.17) is 13.9 Å². The summed E-state index contributed by atoms with van der Waals surface area (Å²) in [6, 6.07) is 0. The van der Waals surface area contributed by atoms with Crippen LogP contribution in [0.15, 0.2) is 0 Å². The van der Waals surface area contributed by atoms with Crippen LogP contribution in [0.1, 0.15) is 41.5 Å². The van der Waals surface area contributed by atoms with Crippen LogP contribution in [-0.4, -0.2) is 38.7 Å². The lowest BCUT2D eigenvalue weighted by Crippen LogP contribution is -2.44. The van der Waals surface area contributed by atoms with E-state index >= 15 is 0 Å². The quantitative estimate of drug-likeness (QED) is 0.746. The molecule has 1 fully saturated rings. The summed E-state index contributed by atoms with van der Waals surface area (Å²) in [6.07, 6.45) is -0.818. The van der Waals surface area contributed by atoms with Crippen LogP contribution in [0.5, 0.6) is 0 Å². The Kier molecular flexibility index (Phi) is 4.67. The minimum absolute atomic E-state index is 0.00518. The Bertz CT molecular complexity index is 344. The number of hydrogen-bond donors (Lipinski definition) is 0. The van der Waals surface area contributed by atoms with Gasteiger partial charge in [0, 0.05) is 0 Å². The van der Waals surface area contributed by atoms with Crippen LogP contribution < -0.4 is 0 Å². The SMILES string of the molecule is CC(=O)[C@H]1OC(C)(C)O[C@@H]1CO[Si](C)(C)C(C)(C)C. The molecule has 4 nitrogen and oxygen atoms in total. The van der Waals surface area contributed by atoms with E-state index in [0.29, 0.717) is 6.61 Å². The first-order valence-electron chi connectivity index (χ1n) is 6.86. The predicted octanol–water partition coefficient (Wildman–Crippen LogP) is 3.12. The van der Waals surface area contributed by atoms with E-state index in [9.17, 15) is 4.79 Å². The van der Waals surface area contributed by atoms with E-state index in [2.05, 4.69) is 33.9 Å². The number of Topliss-reactive ketones (excluding diaryl/α,β-unsaturated/α-hetero) is 1. The molecule has 1 saturated heterocycles. The van der Waals surface area contributed by atoms with Crippen molar-refractivity contribution in [3.63, 3.8) is 0 Å². The molecule has 1 rings (SSSR count). The van der Waals surface area contributed by atoms with Crippen molar-refractivity contribution in [2.45, 2.75) is 77.7 Å². The maximum Gasteiger partial charge on any atom is 0.192 e. The zero-order chi connectivity index (χ0) is 15.1. The summed E-state index contributed by atoms with van der Waals surface area (Å²) in [7, 11) is -1.83. The van der Waals surface area contributed by atoms with E-state index in [0.717, 1.165) is 0 Å². The fourth-order valence-corrected chi connectivity index (χ4v) is 2.82. The van der Waals surface area contributed by atoms with Crippen LogP contribution in [0.2, 0.25) is 18.1 Å². The molecule has 0 spiro atoms. The van der Waals surface area contributed by atoms with Crippen molar-refractivity contribution in [2.24, 2.45) is 0 Å². The molecular weight excluding hydrogens is 260 g/mol. The summed E-state index contributed by atoms with van der Waals surface area (Å²) in [4.78, 5) is 11.6. The second-order valence-electron chi connectivity index (χ2n) is 7.28. The van der Waals surface area contributed by atoms with Crippen LogP contribution in [0.4, 0.5) is 0 Å². The first kappa shape index (κ1) is 16.8. The normalized spacial score (nSPS) is 27.6. The fraction of sp³-hybridized carbons (Fsp3) is 0.929. The van der Waals surface area contributed by atoms with E-state index in [1.807, 2.05) is 13.8 Å². The van der Waals surface area contributed by atoms with Crippen LogP contribution in [0.3, 0.4) is 0 Å². The van der Waals surface area contributed by atoms with Gasteiger partial charge in [0.25, 0.3) is 0 Å². The molecule has 0 N–H and O–H groups in total. The summed E-state index contributed by atoms with van der Waals surface area (Å²) in [5.41, 5.74) is 0. The van der Waals surface area contributed by atoms with Gasteiger partial charge in [-0.2, -0.15) is 0 Å². The lowest BCUT2D eigenvalue weighted by molar-refractivity contribution is -0.155. The van der Waals surface area contributed by atoms with Gasteiger partial charge in [-0.3, -0.25) is 4.79 Å². The molecule has 19 heavy (non-hydrogen) atoms. The van der Waals surface area contributed by atoms with Crippen molar-refractivity contribution >= 4 is 14.1 Å². The summed E-state index contributed by atoms with van der Waals surface area (Å²) < 4.78 is 17.6. The highest BCUT2D eigenvalue weighted by molar-refractivity contribution is 6.74. The third kappa shape index (κ3) is 4.11. The van der Waals surface area contributed by atoms with Gasteiger partial charge in [0.1, 0.15) is 12.2 Å². The fourth-order valence-electron chi connectivity index (χ4n) is 1.81. The lowest BCUT2D eigenvalue weighted by atomic mass is 10.1. The average Bonchev–Trinajstić information content (AvgIpc) is 2.49. The molecule has 0 aromatic carbocycles.